The normalized spacial score (nSPS) is 22.9. The van der Waals surface area contributed by atoms with E-state index in [-0.39, 0.29) is 6.04 Å². The number of amides is 1. The van der Waals surface area contributed by atoms with Gasteiger partial charge in [0.1, 0.15) is 0 Å². The van der Waals surface area contributed by atoms with Gasteiger partial charge in [-0.3, -0.25) is 4.79 Å². The lowest BCUT2D eigenvalue weighted by Crippen LogP contribution is -2.54. The van der Waals surface area contributed by atoms with Crippen molar-refractivity contribution < 1.29 is 4.79 Å². The summed E-state index contributed by atoms with van der Waals surface area (Å²) in [7, 11) is 0. The van der Waals surface area contributed by atoms with E-state index >= 15 is 0 Å². The summed E-state index contributed by atoms with van der Waals surface area (Å²) in [5.74, 6) is 1.38. The molecule has 0 radical (unpaired) electrons. The van der Waals surface area contributed by atoms with E-state index in [1.54, 1.807) is 0 Å². The lowest BCUT2D eigenvalue weighted by molar-refractivity contribution is -0.138. The molecule has 0 aliphatic carbocycles. The van der Waals surface area contributed by atoms with Crippen LogP contribution in [0.2, 0.25) is 0 Å². The van der Waals surface area contributed by atoms with E-state index in [1.165, 1.54) is 0 Å². The minimum atomic E-state index is 0.0691. The average Bonchev–Trinajstić information content (AvgIpc) is 2.35. The van der Waals surface area contributed by atoms with Crippen molar-refractivity contribution in [3.63, 3.8) is 0 Å². The number of rotatable bonds is 7. The highest BCUT2D eigenvalue weighted by molar-refractivity contribution is 7.98. The van der Waals surface area contributed by atoms with Crippen molar-refractivity contribution in [3.05, 3.63) is 0 Å². The molecule has 1 aliphatic heterocycles. The number of carbonyl (C=O) groups is 1. The quantitative estimate of drug-likeness (QED) is 0.759. The van der Waals surface area contributed by atoms with Gasteiger partial charge in [0.15, 0.2) is 0 Å². The maximum atomic E-state index is 12.4. The Labute approximate surface area is 110 Å². The standard InChI is InChI=1S/C13H26N2OS/c1-4-8-14-12-7-6-9-15(13(12)16)11(5-2)10-17-3/h11-12,14H,4-10H2,1-3H3. The molecular formula is C13H26N2OS. The predicted molar refractivity (Wildman–Crippen MR) is 75.5 cm³/mol. The molecule has 1 N–H and O–H groups in total. The second-order valence-corrected chi connectivity index (χ2v) is 5.61. The lowest BCUT2D eigenvalue weighted by atomic mass is 10.0. The van der Waals surface area contributed by atoms with E-state index in [2.05, 4.69) is 30.3 Å². The number of hydrogen-bond acceptors (Lipinski definition) is 3. The fourth-order valence-corrected chi connectivity index (χ4v) is 3.19. The highest BCUT2D eigenvalue weighted by Gasteiger charge is 2.31. The van der Waals surface area contributed by atoms with Gasteiger partial charge >= 0.3 is 0 Å². The van der Waals surface area contributed by atoms with Crippen LogP contribution in [0.15, 0.2) is 0 Å². The molecule has 0 aromatic carbocycles. The Morgan fingerprint density at radius 1 is 1.53 bits per heavy atom. The summed E-state index contributed by atoms with van der Waals surface area (Å²) in [5, 5.41) is 3.37. The van der Waals surface area contributed by atoms with E-state index in [1.807, 2.05) is 11.8 Å². The summed E-state index contributed by atoms with van der Waals surface area (Å²) in [5.41, 5.74) is 0. The van der Waals surface area contributed by atoms with Gasteiger partial charge in [0, 0.05) is 18.3 Å². The van der Waals surface area contributed by atoms with Gasteiger partial charge in [-0.05, 0) is 38.5 Å². The molecule has 2 atom stereocenters. The molecule has 0 bridgehead atoms. The fourth-order valence-electron chi connectivity index (χ4n) is 2.39. The highest BCUT2D eigenvalue weighted by Crippen LogP contribution is 2.18. The Hall–Kier alpha value is -0.220. The molecule has 1 amide bonds. The third-order valence-corrected chi connectivity index (χ3v) is 4.10. The molecule has 0 aromatic heterocycles. The third-order valence-electron chi connectivity index (χ3n) is 3.38. The minimum absolute atomic E-state index is 0.0691. The third kappa shape index (κ3) is 4.18. The Bertz CT molecular complexity index is 235. The van der Waals surface area contributed by atoms with Gasteiger partial charge in [-0.2, -0.15) is 11.8 Å². The smallest absolute Gasteiger partial charge is 0.239 e. The van der Waals surface area contributed by atoms with Crippen LogP contribution in [0.1, 0.15) is 39.5 Å². The summed E-state index contributed by atoms with van der Waals surface area (Å²) in [4.78, 5) is 14.5. The van der Waals surface area contributed by atoms with Crippen LogP contribution in [0.25, 0.3) is 0 Å². The van der Waals surface area contributed by atoms with Crippen molar-refractivity contribution in [1.29, 1.82) is 0 Å². The van der Waals surface area contributed by atoms with E-state index in [4.69, 9.17) is 0 Å². The van der Waals surface area contributed by atoms with Crippen molar-refractivity contribution in [2.24, 2.45) is 0 Å². The molecule has 1 heterocycles. The number of nitrogens with zero attached hydrogens (tertiary/aromatic N) is 1. The Morgan fingerprint density at radius 2 is 2.29 bits per heavy atom. The molecule has 2 unspecified atom stereocenters. The first kappa shape index (κ1) is 14.8. The van der Waals surface area contributed by atoms with Crippen molar-refractivity contribution in [1.82, 2.24) is 10.2 Å². The van der Waals surface area contributed by atoms with Crippen molar-refractivity contribution in [3.8, 4) is 0 Å². The summed E-state index contributed by atoms with van der Waals surface area (Å²) in [6, 6.07) is 0.489. The molecule has 1 fully saturated rings. The molecule has 1 aliphatic rings. The molecule has 100 valence electrons. The average molecular weight is 258 g/mol. The summed E-state index contributed by atoms with van der Waals surface area (Å²) in [6.07, 6.45) is 6.41. The first-order valence-electron chi connectivity index (χ1n) is 6.77. The van der Waals surface area contributed by atoms with Gasteiger partial charge in [0.05, 0.1) is 6.04 Å². The number of carbonyl (C=O) groups excluding carboxylic acids is 1. The molecule has 0 saturated carbocycles. The second-order valence-electron chi connectivity index (χ2n) is 4.70. The number of likely N-dealkylation sites (tertiary alicyclic amines) is 1. The monoisotopic (exact) mass is 258 g/mol. The van der Waals surface area contributed by atoms with Crippen molar-refractivity contribution in [2.75, 3.05) is 25.1 Å². The van der Waals surface area contributed by atoms with Gasteiger partial charge in [0.2, 0.25) is 5.91 Å². The zero-order valence-corrected chi connectivity index (χ0v) is 12.2. The van der Waals surface area contributed by atoms with Crippen LogP contribution in [-0.4, -0.2) is 48.0 Å². The Morgan fingerprint density at radius 3 is 2.88 bits per heavy atom. The number of thioether (sulfide) groups is 1. The lowest BCUT2D eigenvalue weighted by Gasteiger charge is -2.38. The minimum Gasteiger partial charge on any atom is -0.338 e. The first-order chi connectivity index (χ1) is 8.24. The number of hydrogen-bond donors (Lipinski definition) is 1. The van der Waals surface area contributed by atoms with E-state index < -0.39 is 0 Å². The van der Waals surface area contributed by atoms with Crippen molar-refractivity contribution >= 4 is 17.7 Å². The van der Waals surface area contributed by atoms with Crippen LogP contribution >= 0.6 is 11.8 Å². The van der Waals surface area contributed by atoms with Crippen LogP contribution in [0, 0.1) is 0 Å². The van der Waals surface area contributed by atoms with E-state index in [9.17, 15) is 4.79 Å². The Balaban J connectivity index is 2.56. The van der Waals surface area contributed by atoms with Gasteiger partial charge in [-0.1, -0.05) is 13.8 Å². The summed E-state index contributed by atoms with van der Waals surface area (Å²) in [6.45, 7) is 6.21. The number of piperidine rings is 1. The molecule has 17 heavy (non-hydrogen) atoms. The predicted octanol–water partition coefficient (Wildman–Crippen LogP) is 2.12. The van der Waals surface area contributed by atoms with Gasteiger partial charge in [-0.15, -0.1) is 0 Å². The largest absolute Gasteiger partial charge is 0.338 e. The summed E-state index contributed by atoms with van der Waals surface area (Å²) < 4.78 is 0. The molecule has 0 spiro atoms. The molecular weight excluding hydrogens is 232 g/mol. The SMILES string of the molecule is CCCNC1CCCN(C(CC)CSC)C1=O. The van der Waals surface area contributed by atoms with Gasteiger partial charge in [0.25, 0.3) is 0 Å². The van der Waals surface area contributed by atoms with E-state index in [0.717, 1.165) is 44.5 Å². The van der Waals surface area contributed by atoms with E-state index in [0.29, 0.717) is 11.9 Å². The highest BCUT2D eigenvalue weighted by atomic mass is 32.2. The molecule has 3 nitrogen and oxygen atoms in total. The first-order valence-corrected chi connectivity index (χ1v) is 8.16. The van der Waals surface area contributed by atoms with Crippen LogP contribution in [0.4, 0.5) is 0 Å². The van der Waals surface area contributed by atoms with Crippen LogP contribution in [0.5, 0.6) is 0 Å². The van der Waals surface area contributed by atoms with Gasteiger partial charge < -0.3 is 10.2 Å². The maximum absolute atomic E-state index is 12.4. The van der Waals surface area contributed by atoms with Crippen LogP contribution < -0.4 is 5.32 Å². The molecule has 0 aromatic rings. The molecule has 4 heteroatoms. The van der Waals surface area contributed by atoms with Crippen LogP contribution in [-0.2, 0) is 4.79 Å². The molecule has 1 rings (SSSR count). The van der Waals surface area contributed by atoms with Gasteiger partial charge in [-0.25, -0.2) is 0 Å². The topological polar surface area (TPSA) is 32.3 Å². The summed E-state index contributed by atoms with van der Waals surface area (Å²) >= 11 is 1.83. The second kappa shape index (κ2) is 7.98. The molecule has 1 saturated heterocycles. The number of nitrogens with one attached hydrogen (secondary N) is 1. The van der Waals surface area contributed by atoms with Crippen LogP contribution in [0.3, 0.4) is 0 Å². The Kier molecular flexibility index (Phi) is 6.97. The van der Waals surface area contributed by atoms with Crippen molar-refractivity contribution in [2.45, 2.75) is 51.6 Å². The zero-order valence-electron chi connectivity index (χ0n) is 11.4. The maximum Gasteiger partial charge on any atom is 0.239 e. The fraction of sp³-hybridized carbons (Fsp3) is 0.923. The zero-order chi connectivity index (χ0) is 12.7.